The molecule has 2 aromatic rings. The molecular formula is C15H13NO2. The van der Waals surface area contributed by atoms with Crippen LogP contribution in [0.15, 0.2) is 42.7 Å². The van der Waals surface area contributed by atoms with Crippen LogP contribution in [0.5, 0.6) is 0 Å². The Morgan fingerprint density at radius 2 is 2.00 bits per heavy atom. The van der Waals surface area contributed by atoms with Crippen LogP contribution < -0.4 is 0 Å². The molecule has 0 saturated heterocycles. The zero-order valence-electron chi connectivity index (χ0n) is 9.96. The summed E-state index contributed by atoms with van der Waals surface area (Å²) in [4.78, 5) is 3.98. The van der Waals surface area contributed by atoms with Gasteiger partial charge in [0.2, 0.25) is 0 Å². The van der Waals surface area contributed by atoms with E-state index in [2.05, 4.69) is 16.8 Å². The van der Waals surface area contributed by atoms with Gasteiger partial charge >= 0.3 is 0 Å². The van der Waals surface area contributed by atoms with Gasteiger partial charge in [0.1, 0.15) is 0 Å². The number of aryl methyl sites for hydroxylation is 1. The van der Waals surface area contributed by atoms with Gasteiger partial charge in [0, 0.05) is 29.1 Å². The van der Waals surface area contributed by atoms with E-state index in [1.807, 2.05) is 25.1 Å². The van der Waals surface area contributed by atoms with Crippen LogP contribution in [0.25, 0.3) is 0 Å². The molecule has 90 valence electrons. The number of hydrogen-bond acceptors (Lipinski definition) is 3. The van der Waals surface area contributed by atoms with E-state index >= 15 is 0 Å². The monoisotopic (exact) mass is 239 g/mol. The molecule has 0 atom stereocenters. The molecule has 1 aromatic carbocycles. The maximum Gasteiger partial charge on any atom is 0.178 e. The van der Waals surface area contributed by atoms with Crippen LogP contribution in [-0.4, -0.2) is 15.2 Å². The topological polar surface area (TPSA) is 53.4 Å². The van der Waals surface area contributed by atoms with Gasteiger partial charge in [-0.05, 0) is 30.7 Å². The summed E-state index contributed by atoms with van der Waals surface area (Å²) < 4.78 is 0. The Labute approximate surface area is 106 Å². The Hall–Kier alpha value is -2.15. The lowest BCUT2D eigenvalue weighted by atomic mass is 10.0. The van der Waals surface area contributed by atoms with Crippen molar-refractivity contribution in [3.8, 4) is 11.8 Å². The van der Waals surface area contributed by atoms with Crippen LogP contribution in [0, 0.1) is 18.8 Å². The van der Waals surface area contributed by atoms with Crippen LogP contribution in [0.1, 0.15) is 28.5 Å². The van der Waals surface area contributed by atoms with Crippen LogP contribution in [0.2, 0.25) is 0 Å². The average Bonchev–Trinajstić information content (AvgIpc) is 2.38. The second kappa shape index (κ2) is 5.46. The first-order valence-corrected chi connectivity index (χ1v) is 5.55. The molecule has 0 aliphatic rings. The highest BCUT2D eigenvalue weighted by molar-refractivity contribution is 5.47. The summed E-state index contributed by atoms with van der Waals surface area (Å²) in [6.45, 7) is 1.93. The molecule has 0 radical (unpaired) electrons. The third-order valence-electron chi connectivity index (χ3n) is 2.56. The second-order valence-electron chi connectivity index (χ2n) is 3.94. The van der Waals surface area contributed by atoms with E-state index in [-0.39, 0.29) is 0 Å². The van der Waals surface area contributed by atoms with Gasteiger partial charge in [-0.25, -0.2) is 0 Å². The number of aliphatic hydroxyl groups excluding tert-OH is 1. The Morgan fingerprint density at radius 1 is 1.17 bits per heavy atom. The smallest absolute Gasteiger partial charge is 0.178 e. The highest BCUT2D eigenvalue weighted by atomic mass is 16.5. The summed E-state index contributed by atoms with van der Waals surface area (Å²) in [6, 6.07) is 8.88. The molecule has 0 spiro atoms. The molecule has 0 saturated carbocycles. The van der Waals surface area contributed by atoms with Crippen LogP contribution in [0.4, 0.5) is 0 Å². The summed E-state index contributed by atoms with van der Waals surface area (Å²) >= 11 is 0. The van der Waals surface area contributed by atoms with E-state index in [9.17, 15) is 0 Å². The molecule has 18 heavy (non-hydrogen) atoms. The molecule has 1 aromatic heterocycles. The SMILES string of the molecule is Cc1ccc(C(O)O)cc1C#Cc1cccnc1. The largest absolute Gasteiger partial charge is 0.364 e. The minimum atomic E-state index is -1.47. The third kappa shape index (κ3) is 2.95. The number of aliphatic hydroxyl groups is 2. The normalized spacial score (nSPS) is 10.0. The fraction of sp³-hybridized carbons (Fsp3) is 0.133. The fourth-order valence-electron chi connectivity index (χ4n) is 1.51. The van der Waals surface area contributed by atoms with E-state index in [0.29, 0.717) is 5.56 Å². The molecule has 0 aliphatic carbocycles. The number of benzene rings is 1. The Bertz CT molecular complexity index is 595. The molecule has 0 amide bonds. The van der Waals surface area contributed by atoms with Crippen molar-refractivity contribution in [3.05, 3.63) is 65.0 Å². The summed E-state index contributed by atoms with van der Waals surface area (Å²) in [6.07, 6.45) is 1.91. The maximum atomic E-state index is 9.12. The van der Waals surface area contributed by atoms with Gasteiger partial charge in [-0.3, -0.25) is 4.98 Å². The van der Waals surface area contributed by atoms with Crippen LogP contribution in [0.3, 0.4) is 0 Å². The van der Waals surface area contributed by atoms with Gasteiger partial charge in [-0.2, -0.15) is 0 Å². The lowest BCUT2D eigenvalue weighted by Crippen LogP contribution is -1.96. The van der Waals surface area contributed by atoms with E-state index in [1.165, 1.54) is 0 Å². The van der Waals surface area contributed by atoms with Gasteiger partial charge in [0.25, 0.3) is 0 Å². The van der Waals surface area contributed by atoms with Crippen LogP contribution >= 0.6 is 0 Å². The summed E-state index contributed by atoms with van der Waals surface area (Å²) in [7, 11) is 0. The Balaban J connectivity index is 2.35. The second-order valence-corrected chi connectivity index (χ2v) is 3.94. The third-order valence-corrected chi connectivity index (χ3v) is 2.56. The highest BCUT2D eigenvalue weighted by Crippen LogP contribution is 2.15. The van der Waals surface area contributed by atoms with Crippen molar-refractivity contribution in [2.45, 2.75) is 13.2 Å². The van der Waals surface area contributed by atoms with Gasteiger partial charge in [0.05, 0.1) is 0 Å². The number of rotatable bonds is 1. The van der Waals surface area contributed by atoms with Gasteiger partial charge < -0.3 is 10.2 Å². The molecule has 0 fully saturated rings. The quantitative estimate of drug-likeness (QED) is 0.589. The van der Waals surface area contributed by atoms with Crippen molar-refractivity contribution >= 4 is 0 Å². The van der Waals surface area contributed by atoms with E-state index < -0.39 is 6.29 Å². The first-order valence-electron chi connectivity index (χ1n) is 5.55. The van der Waals surface area contributed by atoms with Gasteiger partial charge in [-0.15, -0.1) is 0 Å². The van der Waals surface area contributed by atoms with Crippen molar-refractivity contribution < 1.29 is 10.2 Å². The zero-order chi connectivity index (χ0) is 13.0. The first-order chi connectivity index (χ1) is 8.66. The minimum absolute atomic E-state index is 0.441. The molecule has 3 nitrogen and oxygen atoms in total. The van der Waals surface area contributed by atoms with Gasteiger partial charge in [0.15, 0.2) is 6.29 Å². The van der Waals surface area contributed by atoms with Crippen molar-refractivity contribution in [3.63, 3.8) is 0 Å². The lowest BCUT2D eigenvalue weighted by molar-refractivity contribution is -0.0425. The molecule has 0 aliphatic heterocycles. The fourth-order valence-corrected chi connectivity index (χ4v) is 1.51. The summed E-state index contributed by atoms with van der Waals surface area (Å²) in [5.41, 5.74) is 3.04. The van der Waals surface area contributed by atoms with Gasteiger partial charge in [-0.1, -0.05) is 24.0 Å². The number of nitrogens with zero attached hydrogens (tertiary/aromatic N) is 1. The lowest BCUT2D eigenvalue weighted by Gasteiger charge is -2.05. The molecule has 0 unspecified atom stereocenters. The van der Waals surface area contributed by atoms with Crippen molar-refractivity contribution in [1.82, 2.24) is 4.98 Å². The Kier molecular flexibility index (Phi) is 3.73. The summed E-state index contributed by atoms with van der Waals surface area (Å²) in [5.74, 6) is 6.00. The predicted molar refractivity (Wildman–Crippen MR) is 68.6 cm³/mol. The standard InChI is InChI=1S/C15H13NO2/c1-11-4-6-14(15(17)18)9-13(11)7-5-12-3-2-8-16-10-12/h2-4,6,8-10,15,17-18H,1H3. The minimum Gasteiger partial charge on any atom is -0.364 e. The zero-order valence-corrected chi connectivity index (χ0v) is 9.96. The summed E-state index contributed by atoms with van der Waals surface area (Å²) in [5, 5.41) is 18.2. The molecule has 2 rings (SSSR count). The molecule has 3 heteroatoms. The number of pyridine rings is 1. The predicted octanol–water partition coefficient (Wildman–Crippen LogP) is 1.77. The Morgan fingerprint density at radius 3 is 2.67 bits per heavy atom. The molecule has 1 heterocycles. The van der Waals surface area contributed by atoms with E-state index in [1.54, 1.807) is 24.5 Å². The molecule has 2 N–H and O–H groups in total. The number of hydrogen-bond donors (Lipinski definition) is 2. The van der Waals surface area contributed by atoms with Crippen molar-refractivity contribution in [2.24, 2.45) is 0 Å². The molecule has 0 bridgehead atoms. The van der Waals surface area contributed by atoms with Crippen molar-refractivity contribution in [2.75, 3.05) is 0 Å². The average molecular weight is 239 g/mol. The highest BCUT2D eigenvalue weighted by Gasteiger charge is 2.04. The molecular weight excluding hydrogens is 226 g/mol. The van der Waals surface area contributed by atoms with E-state index in [4.69, 9.17) is 10.2 Å². The van der Waals surface area contributed by atoms with Crippen molar-refractivity contribution in [1.29, 1.82) is 0 Å². The van der Waals surface area contributed by atoms with Crippen LogP contribution in [-0.2, 0) is 0 Å². The first kappa shape index (κ1) is 12.3. The number of aromatic nitrogens is 1. The maximum absolute atomic E-state index is 9.12. The van der Waals surface area contributed by atoms with E-state index in [0.717, 1.165) is 16.7 Å².